The van der Waals surface area contributed by atoms with Gasteiger partial charge >= 0.3 is 21.1 Å². The molecule has 0 heterocycles. The van der Waals surface area contributed by atoms with Crippen molar-refractivity contribution >= 4 is 59.5 Å². The minimum Gasteiger partial charge on any atom is -0.691 e. The predicted molar refractivity (Wildman–Crippen MR) is 115 cm³/mol. The standard InChI is InChI=1S/2C6H15O4PS2.Pt/c2*1-7-3-5-9-11(12,13)10-6-4-8-2;/h2*3-6H2,1-2H3,(H,12,13);/q;;+2/p-2. The van der Waals surface area contributed by atoms with Gasteiger partial charge in [0.15, 0.2) is 0 Å². The topological polar surface area (TPSA) is 73.8 Å². The summed E-state index contributed by atoms with van der Waals surface area (Å²) in [7, 11) is 6.34. The van der Waals surface area contributed by atoms with E-state index in [1.807, 2.05) is 0 Å². The van der Waals surface area contributed by atoms with E-state index in [9.17, 15) is 0 Å². The van der Waals surface area contributed by atoms with E-state index in [1.165, 1.54) is 0 Å². The summed E-state index contributed by atoms with van der Waals surface area (Å²) in [6.45, 7) is 3.42. The van der Waals surface area contributed by atoms with E-state index in [4.69, 9.17) is 85.2 Å². The monoisotopic (exact) mass is 685 g/mol. The van der Waals surface area contributed by atoms with Crippen LogP contribution in [-0.2, 0) is 106 Å². The second kappa shape index (κ2) is 23.0. The smallest absolute Gasteiger partial charge is 0.691 e. The summed E-state index contributed by atoms with van der Waals surface area (Å²) in [6, 6.07) is 0. The zero-order chi connectivity index (χ0) is 20.3. The van der Waals surface area contributed by atoms with Gasteiger partial charge in [-0.2, -0.15) is 0 Å². The van der Waals surface area contributed by atoms with Crippen LogP contribution in [0.25, 0.3) is 0 Å². The molecule has 0 bridgehead atoms. The molecule has 0 spiro atoms. The van der Waals surface area contributed by atoms with Crippen molar-refractivity contribution in [2.45, 2.75) is 0 Å². The minimum atomic E-state index is -2.50. The fourth-order valence-electron chi connectivity index (χ4n) is 1.00. The molecule has 0 amide bonds. The fourth-order valence-corrected chi connectivity index (χ4v) is 4.13. The summed E-state index contributed by atoms with van der Waals surface area (Å²) >= 11 is 19.8. The Morgan fingerprint density at radius 1 is 0.519 bits per heavy atom. The Bertz CT molecular complexity index is 348. The number of hydrogen-bond acceptors (Lipinski definition) is 12. The Morgan fingerprint density at radius 2 is 0.704 bits per heavy atom. The summed E-state index contributed by atoms with van der Waals surface area (Å²) in [6.07, 6.45) is 0. The fraction of sp³-hybridized carbons (Fsp3) is 1.00. The van der Waals surface area contributed by atoms with Crippen molar-refractivity contribution in [3.05, 3.63) is 0 Å². The van der Waals surface area contributed by atoms with Crippen LogP contribution in [0.1, 0.15) is 0 Å². The van der Waals surface area contributed by atoms with Crippen molar-refractivity contribution in [1.29, 1.82) is 0 Å². The van der Waals surface area contributed by atoms with E-state index < -0.39 is 11.4 Å². The van der Waals surface area contributed by atoms with Crippen LogP contribution in [0.2, 0.25) is 0 Å². The van der Waals surface area contributed by atoms with E-state index in [0.29, 0.717) is 52.9 Å². The molecule has 0 unspecified atom stereocenters. The van der Waals surface area contributed by atoms with Crippen LogP contribution in [0.4, 0.5) is 0 Å². The summed E-state index contributed by atoms with van der Waals surface area (Å²) in [4.78, 5) is 0. The second-order valence-corrected chi connectivity index (χ2v) is 14.2. The third kappa shape index (κ3) is 28.4. The van der Waals surface area contributed by atoms with Gasteiger partial charge in [-0.15, -0.1) is 0 Å². The normalized spacial score (nSPS) is 11.5. The SMILES string of the molecule is COCCOP(=S)([S-])OCCOC.COCCOP(=S)([S-])OCCOC.[Pt+2]. The summed E-state index contributed by atoms with van der Waals surface area (Å²) in [5, 5.41) is 0. The first kappa shape index (κ1) is 34.0. The molecule has 0 aliphatic carbocycles. The molecule has 0 aromatic heterocycles. The molecular weight excluding hydrogens is 657 g/mol. The number of ether oxygens (including phenoxy) is 4. The Morgan fingerprint density at radius 3 is 0.852 bits per heavy atom. The minimum absolute atomic E-state index is 0. The molecule has 0 aliphatic heterocycles. The zero-order valence-corrected chi connectivity index (χ0v) is 23.1. The Kier molecular flexibility index (Phi) is 29.0. The number of hydrogen-bond donors (Lipinski definition) is 0. The molecule has 0 aromatic rings. The van der Waals surface area contributed by atoms with Crippen LogP contribution in [0, 0.1) is 0 Å². The van der Waals surface area contributed by atoms with Gasteiger partial charge in [0.25, 0.3) is 0 Å². The maximum Gasteiger partial charge on any atom is 2.00 e. The molecule has 0 radical (unpaired) electrons. The van der Waals surface area contributed by atoms with Crippen LogP contribution >= 0.6 is 11.4 Å². The quantitative estimate of drug-likeness (QED) is 0.136. The van der Waals surface area contributed by atoms with Gasteiger partial charge in [0.1, 0.15) is 0 Å². The van der Waals surface area contributed by atoms with Gasteiger partial charge in [-0.1, -0.05) is 23.6 Å². The Balaban J connectivity index is -0.000000411. The first-order valence-electron chi connectivity index (χ1n) is 7.40. The molecule has 0 rings (SSSR count). The van der Waals surface area contributed by atoms with E-state index in [-0.39, 0.29) is 21.1 Å². The van der Waals surface area contributed by atoms with Crippen molar-refractivity contribution < 1.29 is 58.1 Å². The number of rotatable bonds is 16. The third-order valence-electron chi connectivity index (χ3n) is 2.15. The van der Waals surface area contributed by atoms with E-state index in [2.05, 4.69) is 0 Å². The molecular formula is C12H28O8P2PtS4. The summed E-state index contributed by atoms with van der Waals surface area (Å²) in [5.74, 6) is 0. The van der Waals surface area contributed by atoms with E-state index >= 15 is 0 Å². The van der Waals surface area contributed by atoms with E-state index in [1.54, 1.807) is 28.4 Å². The van der Waals surface area contributed by atoms with Gasteiger partial charge in [0.2, 0.25) is 0 Å². The van der Waals surface area contributed by atoms with Gasteiger partial charge in [0.05, 0.1) is 64.2 Å². The Labute approximate surface area is 197 Å². The van der Waals surface area contributed by atoms with Crippen LogP contribution in [0.3, 0.4) is 0 Å². The number of methoxy groups -OCH3 is 4. The zero-order valence-electron chi connectivity index (χ0n) is 15.8. The van der Waals surface area contributed by atoms with E-state index in [0.717, 1.165) is 0 Å². The molecule has 0 atom stereocenters. The molecule has 8 nitrogen and oxygen atoms in total. The van der Waals surface area contributed by atoms with Gasteiger partial charge in [-0.25, -0.2) is 0 Å². The summed E-state index contributed by atoms with van der Waals surface area (Å²) in [5.41, 5.74) is -4.99. The second-order valence-electron chi connectivity index (χ2n) is 4.20. The van der Waals surface area contributed by atoms with Gasteiger partial charge in [-0.3, -0.25) is 0 Å². The maximum absolute atomic E-state index is 5.15. The predicted octanol–water partition coefficient (Wildman–Crippen LogP) is 2.17. The van der Waals surface area contributed by atoms with Crippen LogP contribution in [-0.4, -0.2) is 81.3 Å². The molecule has 0 N–H and O–H groups in total. The van der Waals surface area contributed by atoms with Crippen molar-refractivity contribution in [3.63, 3.8) is 0 Å². The molecule has 0 saturated carbocycles. The average Bonchev–Trinajstić information content (AvgIpc) is 2.56. The maximum atomic E-state index is 5.15. The van der Waals surface area contributed by atoms with Crippen molar-refractivity contribution in [2.75, 3.05) is 81.3 Å². The van der Waals surface area contributed by atoms with Crippen molar-refractivity contribution in [3.8, 4) is 0 Å². The Hall–Kier alpha value is 2.37. The third-order valence-corrected chi connectivity index (χ3v) is 6.67. The molecule has 27 heavy (non-hydrogen) atoms. The largest absolute Gasteiger partial charge is 2.00 e. The van der Waals surface area contributed by atoms with Crippen LogP contribution in [0.5, 0.6) is 0 Å². The molecule has 0 aromatic carbocycles. The molecule has 0 saturated heterocycles. The van der Waals surface area contributed by atoms with Crippen LogP contribution in [0.15, 0.2) is 0 Å². The van der Waals surface area contributed by atoms with Crippen molar-refractivity contribution in [1.82, 2.24) is 0 Å². The first-order valence-corrected chi connectivity index (χ1v) is 14.7. The first-order chi connectivity index (χ1) is 12.2. The average molecular weight is 686 g/mol. The van der Waals surface area contributed by atoms with Gasteiger partial charge in [-0.05, 0) is 0 Å². The summed E-state index contributed by atoms with van der Waals surface area (Å²) < 4.78 is 39.7. The molecule has 0 fully saturated rings. The van der Waals surface area contributed by atoms with Crippen LogP contribution < -0.4 is 0 Å². The van der Waals surface area contributed by atoms with Crippen molar-refractivity contribution in [2.24, 2.45) is 0 Å². The molecule has 168 valence electrons. The molecule has 0 aliphatic rings. The van der Waals surface area contributed by atoms with Gasteiger partial charge in [0, 0.05) is 28.4 Å². The molecule has 15 heteroatoms. The van der Waals surface area contributed by atoms with Gasteiger partial charge < -0.3 is 61.5 Å².